The third kappa shape index (κ3) is 2.83. The van der Waals surface area contributed by atoms with Gasteiger partial charge in [-0.15, -0.1) is 11.3 Å². The third-order valence-corrected chi connectivity index (χ3v) is 6.81. The van der Waals surface area contributed by atoms with Crippen LogP contribution >= 0.6 is 11.3 Å². The van der Waals surface area contributed by atoms with Crippen LogP contribution in [0.1, 0.15) is 43.4 Å². The minimum absolute atomic E-state index is 0.374. The van der Waals surface area contributed by atoms with Gasteiger partial charge in [0.15, 0.2) is 0 Å². The van der Waals surface area contributed by atoms with E-state index in [1.165, 1.54) is 37.0 Å². The van der Waals surface area contributed by atoms with E-state index in [1.807, 2.05) is 11.3 Å². The lowest BCUT2D eigenvalue weighted by molar-refractivity contribution is -0.133. The van der Waals surface area contributed by atoms with Gasteiger partial charge < -0.3 is 4.90 Å². The maximum atomic E-state index is 12.8. The second-order valence-corrected chi connectivity index (χ2v) is 8.39. The fourth-order valence-electron chi connectivity index (χ4n) is 4.52. The molecule has 2 aliphatic carbocycles. The summed E-state index contributed by atoms with van der Waals surface area (Å²) in [5.41, 5.74) is 0.444. The lowest BCUT2D eigenvalue weighted by Gasteiger charge is -2.23. The molecular weight excluding hydrogens is 292 g/mol. The molecule has 4 heteroatoms. The molecule has 1 amide bonds. The average molecular weight is 318 g/mol. The molecule has 1 spiro atoms. The molecule has 1 saturated heterocycles. The number of nitrogens with zero attached hydrogens (tertiary/aromatic N) is 2. The number of hydrogen-bond donors (Lipinski definition) is 0. The van der Waals surface area contributed by atoms with Crippen molar-refractivity contribution in [3.63, 3.8) is 0 Å². The smallest absolute Gasteiger partial charge is 0.226 e. The molecule has 1 unspecified atom stereocenters. The normalized spacial score (nSPS) is 28.0. The van der Waals surface area contributed by atoms with Gasteiger partial charge in [-0.1, -0.05) is 18.9 Å². The Morgan fingerprint density at radius 2 is 2.05 bits per heavy atom. The predicted molar refractivity (Wildman–Crippen MR) is 89.8 cm³/mol. The zero-order valence-corrected chi connectivity index (χ0v) is 14.1. The summed E-state index contributed by atoms with van der Waals surface area (Å²) in [4.78, 5) is 18.9. The Kier molecular flexibility index (Phi) is 3.99. The number of carbonyl (C=O) groups excluding carboxylic acids is 1. The van der Waals surface area contributed by atoms with Crippen LogP contribution in [0.25, 0.3) is 0 Å². The van der Waals surface area contributed by atoms with Gasteiger partial charge in [0.05, 0.1) is 0 Å². The van der Waals surface area contributed by atoms with Crippen LogP contribution in [0.2, 0.25) is 0 Å². The van der Waals surface area contributed by atoms with Crippen LogP contribution in [0.15, 0.2) is 17.5 Å². The van der Waals surface area contributed by atoms with Crippen LogP contribution in [0.3, 0.4) is 0 Å². The summed E-state index contributed by atoms with van der Waals surface area (Å²) in [5.74, 6) is 0.846. The first-order chi connectivity index (χ1) is 10.8. The van der Waals surface area contributed by atoms with Crippen molar-refractivity contribution in [2.75, 3.05) is 26.2 Å². The predicted octanol–water partition coefficient (Wildman–Crippen LogP) is 3.36. The number of hydrogen-bond acceptors (Lipinski definition) is 3. The zero-order valence-electron chi connectivity index (χ0n) is 13.3. The number of carbonyl (C=O) groups is 1. The van der Waals surface area contributed by atoms with E-state index in [9.17, 15) is 4.79 Å². The van der Waals surface area contributed by atoms with Crippen LogP contribution < -0.4 is 0 Å². The van der Waals surface area contributed by atoms with Gasteiger partial charge in [-0.2, -0.15) is 0 Å². The maximum Gasteiger partial charge on any atom is 0.226 e. The molecule has 3 fully saturated rings. The molecule has 0 bridgehead atoms. The summed E-state index contributed by atoms with van der Waals surface area (Å²) >= 11 is 1.84. The molecule has 0 N–H and O–H groups in total. The minimum Gasteiger partial charge on any atom is -0.341 e. The van der Waals surface area contributed by atoms with E-state index in [1.54, 1.807) is 0 Å². The molecule has 0 aromatic carbocycles. The molecule has 1 atom stereocenters. The highest BCUT2D eigenvalue weighted by atomic mass is 32.1. The number of thiophene rings is 1. The van der Waals surface area contributed by atoms with E-state index in [0.717, 1.165) is 39.1 Å². The van der Waals surface area contributed by atoms with E-state index in [0.29, 0.717) is 17.2 Å². The van der Waals surface area contributed by atoms with Crippen LogP contribution in [0.4, 0.5) is 0 Å². The van der Waals surface area contributed by atoms with Gasteiger partial charge >= 0.3 is 0 Å². The van der Waals surface area contributed by atoms with E-state index >= 15 is 0 Å². The Morgan fingerprint density at radius 1 is 1.18 bits per heavy atom. The van der Waals surface area contributed by atoms with Gasteiger partial charge in [0, 0.05) is 43.5 Å². The summed E-state index contributed by atoms with van der Waals surface area (Å²) in [6.07, 6.45) is 7.61. The maximum absolute atomic E-state index is 12.8. The SMILES string of the molecule is O=C(C1CC12CCCC2)N1CCCN(Cc2cccs2)CC1. The third-order valence-electron chi connectivity index (χ3n) is 5.95. The van der Waals surface area contributed by atoms with E-state index in [-0.39, 0.29) is 0 Å². The van der Waals surface area contributed by atoms with Gasteiger partial charge in [0.2, 0.25) is 5.91 Å². The summed E-state index contributed by atoms with van der Waals surface area (Å²) in [6.45, 7) is 5.09. The average Bonchev–Trinajstić information content (AvgIpc) is 2.81. The number of amides is 1. The summed E-state index contributed by atoms with van der Waals surface area (Å²) < 4.78 is 0. The van der Waals surface area contributed by atoms with Gasteiger partial charge in [0.1, 0.15) is 0 Å². The van der Waals surface area contributed by atoms with Crippen molar-refractivity contribution in [3.8, 4) is 0 Å². The fourth-order valence-corrected chi connectivity index (χ4v) is 5.27. The molecule has 2 heterocycles. The quantitative estimate of drug-likeness (QED) is 0.853. The highest BCUT2D eigenvalue weighted by Gasteiger charge is 2.59. The molecular formula is C18H26N2OS. The monoisotopic (exact) mass is 318 g/mol. The molecule has 3 aliphatic rings. The van der Waals surface area contributed by atoms with Crippen molar-refractivity contribution < 1.29 is 4.79 Å². The Bertz CT molecular complexity index is 521. The van der Waals surface area contributed by atoms with Crippen LogP contribution in [-0.4, -0.2) is 41.9 Å². The van der Waals surface area contributed by atoms with Gasteiger partial charge in [-0.25, -0.2) is 0 Å². The molecule has 3 nitrogen and oxygen atoms in total. The molecule has 22 heavy (non-hydrogen) atoms. The first-order valence-corrected chi connectivity index (χ1v) is 9.68. The summed E-state index contributed by atoms with van der Waals surface area (Å²) in [6, 6.07) is 4.34. The van der Waals surface area contributed by atoms with Crippen molar-refractivity contribution in [3.05, 3.63) is 22.4 Å². The van der Waals surface area contributed by atoms with Crippen molar-refractivity contribution in [2.45, 2.75) is 45.1 Å². The van der Waals surface area contributed by atoms with Gasteiger partial charge in [0.25, 0.3) is 0 Å². The van der Waals surface area contributed by atoms with E-state index in [2.05, 4.69) is 27.3 Å². The standard InChI is InChI=1S/C18H26N2OS/c21-17(16-13-18(16)6-1-2-7-18)20-9-4-8-19(10-11-20)14-15-5-3-12-22-15/h3,5,12,16H,1-2,4,6-11,13-14H2. The summed E-state index contributed by atoms with van der Waals surface area (Å²) in [5, 5.41) is 2.15. The Labute approximate surface area is 137 Å². The van der Waals surface area contributed by atoms with Crippen LogP contribution in [0.5, 0.6) is 0 Å². The van der Waals surface area contributed by atoms with Crippen molar-refractivity contribution in [1.82, 2.24) is 9.80 Å². The van der Waals surface area contributed by atoms with Crippen molar-refractivity contribution >= 4 is 17.2 Å². The highest BCUT2D eigenvalue weighted by Crippen LogP contribution is 2.63. The fraction of sp³-hybridized carbons (Fsp3) is 0.722. The molecule has 4 rings (SSSR count). The molecule has 1 aromatic rings. The Balaban J connectivity index is 1.32. The van der Waals surface area contributed by atoms with Gasteiger partial charge in [-0.05, 0) is 42.5 Å². The molecule has 2 saturated carbocycles. The van der Waals surface area contributed by atoms with Crippen LogP contribution in [0, 0.1) is 11.3 Å². The van der Waals surface area contributed by atoms with Crippen molar-refractivity contribution in [2.24, 2.45) is 11.3 Å². The number of rotatable bonds is 3. The van der Waals surface area contributed by atoms with E-state index < -0.39 is 0 Å². The first-order valence-electron chi connectivity index (χ1n) is 8.80. The highest BCUT2D eigenvalue weighted by molar-refractivity contribution is 7.09. The minimum atomic E-state index is 0.374. The second-order valence-electron chi connectivity index (χ2n) is 7.36. The first kappa shape index (κ1) is 14.7. The van der Waals surface area contributed by atoms with Crippen LogP contribution in [-0.2, 0) is 11.3 Å². The molecule has 1 aromatic heterocycles. The Hall–Kier alpha value is -0.870. The van der Waals surface area contributed by atoms with Gasteiger partial charge in [-0.3, -0.25) is 9.69 Å². The molecule has 1 aliphatic heterocycles. The van der Waals surface area contributed by atoms with Crippen molar-refractivity contribution in [1.29, 1.82) is 0 Å². The lowest BCUT2D eigenvalue weighted by Crippen LogP contribution is -2.36. The van der Waals surface area contributed by atoms with E-state index in [4.69, 9.17) is 0 Å². The zero-order chi connectivity index (χ0) is 15.0. The second kappa shape index (κ2) is 5.97. The summed E-state index contributed by atoms with van der Waals surface area (Å²) in [7, 11) is 0. The molecule has 0 radical (unpaired) electrons. The Morgan fingerprint density at radius 3 is 2.82 bits per heavy atom. The largest absolute Gasteiger partial charge is 0.341 e. The topological polar surface area (TPSA) is 23.6 Å². The lowest BCUT2D eigenvalue weighted by atomic mass is 10.0. The molecule has 120 valence electrons.